The summed E-state index contributed by atoms with van der Waals surface area (Å²) >= 11 is 0. The molecule has 4 heterocycles. The number of rotatable bonds is 3. The van der Waals surface area contributed by atoms with E-state index < -0.39 is 0 Å². The maximum atomic E-state index is 12.9. The molecule has 8 nitrogen and oxygen atoms in total. The van der Waals surface area contributed by atoms with E-state index in [0.717, 1.165) is 36.7 Å². The Balaban J connectivity index is 1.48. The van der Waals surface area contributed by atoms with E-state index in [1.165, 1.54) is 0 Å². The molecule has 3 aromatic heterocycles. The number of aryl methyl sites for hydroxylation is 2. The van der Waals surface area contributed by atoms with Crippen molar-refractivity contribution in [1.29, 1.82) is 0 Å². The van der Waals surface area contributed by atoms with E-state index in [1.807, 2.05) is 35.0 Å². The van der Waals surface area contributed by atoms with Gasteiger partial charge in [0.2, 0.25) is 0 Å². The van der Waals surface area contributed by atoms with Crippen LogP contribution in [0.2, 0.25) is 0 Å². The number of anilines is 1. The van der Waals surface area contributed by atoms with Crippen LogP contribution in [0.4, 0.5) is 5.82 Å². The fourth-order valence-electron chi connectivity index (χ4n) is 3.26. The van der Waals surface area contributed by atoms with Gasteiger partial charge in [-0.05, 0) is 6.42 Å². The van der Waals surface area contributed by atoms with Crippen LogP contribution in [0.25, 0.3) is 5.65 Å². The molecule has 25 heavy (non-hydrogen) atoms. The zero-order valence-corrected chi connectivity index (χ0v) is 14.5. The predicted molar refractivity (Wildman–Crippen MR) is 93.7 cm³/mol. The normalized spacial score (nSPS) is 15.1. The first-order chi connectivity index (χ1) is 12.2. The smallest absolute Gasteiger partial charge is 0.259 e. The highest BCUT2D eigenvalue weighted by molar-refractivity contribution is 6.00. The summed E-state index contributed by atoms with van der Waals surface area (Å²) in [6.07, 6.45) is 7.91. The van der Waals surface area contributed by atoms with E-state index in [9.17, 15) is 4.79 Å². The quantitative estimate of drug-likeness (QED) is 0.711. The van der Waals surface area contributed by atoms with Crippen molar-refractivity contribution in [1.82, 2.24) is 29.0 Å². The van der Waals surface area contributed by atoms with Crippen LogP contribution in [0.3, 0.4) is 0 Å². The minimum atomic E-state index is 0.0355. The number of carbonyl (C=O) groups is 1. The summed E-state index contributed by atoms with van der Waals surface area (Å²) in [5.74, 6) is 0.975. The summed E-state index contributed by atoms with van der Waals surface area (Å²) in [7, 11) is 1.92. The van der Waals surface area contributed by atoms with Crippen LogP contribution in [0.15, 0.2) is 31.0 Å². The molecule has 1 amide bonds. The van der Waals surface area contributed by atoms with Crippen molar-refractivity contribution in [3.8, 4) is 0 Å². The fourth-order valence-corrected chi connectivity index (χ4v) is 3.26. The molecule has 0 aliphatic carbocycles. The molecule has 4 rings (SSSR count). The molecule has 0 N–H and O–H groups in total. The average molecular weight is 339 g/mol. The van der Waals surface area contributed by atoms with Crippen molar-refractivity contribution < 1.29 is 4.79 Å². The Morgan fingerprint density at radius 1 is 1.16 bits per heavy atom. The van der Waals surface area contributed by atoms with Gasteiger partial charge in [-0.15, -0.1) is 0 Å². The standard InChI is InChI=1S/C17H21N7O/c1-3-13-10-15(19-12-18-13)22-5-7-23(8-6-22)17(25)14-11-20-24-9-4-21(2)16(14)24/h4,9-12H,3,5-8H2,1-2H3. The summed E-state index contributed by atoms with van der Waals surface area (Å²) in [4.78, 5) is 25.6. The van der Waals surface area contributed by atoms with E-state index in [1.54, 1.807) is 17.0 Å². The SMILES string of the molecule is CCc1cc(N2CCN(C(=O)c3cnn4ccn(C)c34)CC2)ncn1. The lowest BCUT2D eigenvalue weighted by Gasteiger charge is -2.35. The van der Waals surface area contributed by atoms with Gasteiger partial charge in [0, 0.05) is 57.4 Å². The van der Waals surface area contributed by atoms with Crippen LogP contribution in [0, 0.1) is 0 Å². The molecule has 0 radical (unpaired) electrons. The van der Waals surface area contributed by atoms with Gasteiger partial charge < -0.3 is 14.4 Å². The van der Waals surface area contributed by atoms with E-state index in [0.29, 0.717) is 18.7 Å². The number of amides is 1. The number of piperazine rings is 1. The van der Waals surface area contributed by atoms with Crippen LogP contribution in [0.1, 0.15) is 23.0 Å². The highest BCUT2D eigenvalue weighted by Gasteiger charge is 2.26. The third-order valence-corrected chi connectivity index (χ3v) is 4.73. The Morgan fingerprint density at radius 3 is 2.72 bits per heavy atom. The zero-order chi connectivity index (χ0) is 17.4. The average Bonchev–Trinajstić information content (AvgIpc) is 3.24. The van der Waals surface area contributed by atoms with Gasteiger partial charge >= 0.3 is 0 Å². The second-order valence-electron chi connectivity index (χ2n) is 6.24. The maximum Gasteiger partial charge on any atom is 0.259 e. The summed E-state index contributed by atoms with van der Waals surface area (Å²) in [6.45, 7) is 4.96. The number of hydrogen-bond donors (Lipinski definition) is 0. The number of fused-ring (bicyclic) bond motifs is 1. The minimum Gasteiger partial charge on any atom is -0.353 e. The second kappa shape index (κ2) is 6.19. The Morgan fingerprint density at radius 2 is 1.96 bits per heavy atom. The predicted octanol–water partition coefficient (Wildman–Crippen LogP) is 0.988. The van der Waals surface area contributed by atoms with Crippen LogP contribution in [0.5, 0.6) is 0 Å². The van der Waals surface area contributed by atoms with Crippen LogP contribution in [-0.2, 0) is 13.5 Å². The van der Waals surface area contributed by atoms with Gasteiger partial charge in [-0.25, -0.2) is 14.5 Å². The van der Waals surface area contributed by atoms with E-state index >= 15 is 0 Å². The molecule has 0 atom stereocenters. The summed E-state index contributed by atoms with van der Waals surface area (Å²) in [5, 5.41) is 4.26. The number of aromatic nitrogens is 5. The van der Waals surface area contributed by atoms with E-state index in [2.05, 4.69) is 26.9 Å². The van der Waals surface area contributed by atoms with Crippen molar-refractivity contribution in [2.75, 3.05) is 31.1 Å². The molecule has 130 valence electrons. The lowest BCUT2D eigenvalue weighted by molar-refractivity contribution is 0.0748. The van der Waals surface area contributed by atoms with Gasteiger partial charge in [0.1, 0.15) is 23.4 Å². The third kappa shape index (κ3) is 2.73. The summed E-state index contributed by atoms with van der Waals surface area (Å²) < 4.78 is 3.65. The molecular formula is C17H21N7O. The molecular weight excluding hydrogens is 318 g/mol. The van der Waals surface area contributed by atoms with Gasteiger partial charge in [0.15, 0.2) is 0 Å². The first-order valence-electron chi connectivity index (χ1n) is 8.51. The minimum absolute atomic E-state index is 0.0355. The molecule has 1 fully saturated rings. The Hall–Kier alpha value is -2.90. The Labute approximate surface area is 145 Å². The third-order valence-electron chi connectivity index (χ3n) is 4.73. The maximum absolute atomic E-state index is 12.9. The largest absolute Gasteiger partial charge is 0.353 e. The molecule has 1 aliphatic rings. The van der Waals surface area contributed by atoms with Crippen molar-refractivity contribution in [3.05, 3.63) is 42.2 Å². The number of carbonyl (C=O) groups excluding carboxylic acids is 1. The summed E-state index contributed by atoms with van der Waals surface area (Å²) in [6, 6.07) is 2.03. The molecule has 1 aliphatic heterocycles. The van der Waals surface area contributed by atoms with E-state index in [-0.39, 0.29) is 5.91 Å². The first-order valence-corrected chi connectivity index (χ1v) is 8.51. The molecule has 0 saturated carbocycles. The molecule has 1 saturated heterocycles. The first kappa shape index (κ1) is 15.6. The molecule has 0 bridgehead atoms. The Kier molecular flexibility index (Phi) is 3.87. The number of imidazole rings is 1. The van der Waals surface area contributed by atoms with Crippen molar-refractivity contribution in [2.45, 2.75) is 13.3 Å². The van der Waals surface area contributed by atoms with Crippen molar-refractivity contribution >= 4 is 17.4 Å². The Bertz CT molecular complexity index is 905. The number of hydrogen-bond acceptors (Lipinski definition) is 5. The second-order valence-corrected chi connectivity index (χ2v) is 6.24. The highest BCUT2D eigenvalue weighted by atomic mass is 16.2. The van der Waals surface area contributed by atoms with Gasteiger partial charge in [0.05, 0.1) is 6.20 Å². The topological polar surface area (TPSA) is 71.6 Å². The van der Waals surface area contributed by atoms with Crippen LogP contribution in [-0.4, -0.2) is 61.1 Å². The molecule has 3 aromatic rings. The highest BCUT2D eigenvalue weighted by Crippen LogP contribution is 2.18. The van der Waals surface area contributed by atoms with Gasteiger partial charge in [-0.2, -0.15) is 5.10 Å². The summed E-state index contributed by atoms with van der Waals surface area (Å²) in [5.41, 5.74) is 2.52. The fraction of sp³-hybridized carbons (Fsp3) is 0.412. The van der Waals surface area contributed by atoms with Crippen LogP contribution < -0.4 is 4.90 Å². The van der Waals surface area contributed by atoms with Gasteiger partial charge in [-0.1, -0.05) is 6.92 Å². The van der Waals surface area contributed by atoms with Crippen molar-refractivity contribution in [2.24, 2.45) is 7.05 Å². The lowest BCUT2D eigenvalue weighted by Crippen LogP contribution is -2.49. The number of nitrogens with zero attached hydrogens (tertiary/aromatic N) is 7. The molecule has 0 aromatic carbocycles. The monoisotopic (exact) mass is 339 g/mol. The molecule has 0 unspecified atom stereocenters. The van der Waals surface area contributed by atoms with E-state index in [4.69, 9.17) is 0 Å². The van der Waals surface area contributed by atoms with Crippen LogP contribution >= 0.6 is 0 Å². The van der Waals surface area contributed by atoms with Gasteiger partial charge in [-0.3, -0.25) is 4.79 Å². The zero-order valence-electron chi connectivity index (χ0n) is 14.5. The van der Waals surface area contributed by atoms with Crippen molar-refractivity contribution in [3.63, 3.8) is 0 Å². The molecule has 0 spiro atoms. The lowest BCUT2D eigenvalue weighted by atomic mass is 10.2. The molecule has 8 heteroatoms. The van der Waals surface area contributed by atoms with Gasteiger partial charge in [0.25, 0.3) is 5.91 Å².